The highest BCUT2D eigenvalue weighted by atomic mass is 16.5. The maximum absolute atomic E-state index is 14.1. The second-order valence-electron chi connectivity index (χ2n) is 8.39. The molecule has 0 aromatic heterocycles. The van der Waals surface area contributed by atoms with Gasteiger partial charge in [0.05, 0.1) is 18.8 Å². The van der Waals surface area contributed by atoms with Gasteiger partial charge in [0.25, 0.3) is 5.91 Å². The zero-order chi connectivity index (χ0) is 20.9. The lowest BCUT2D eigenvalue weighted by Crippen LogP contribution is -2.59. The molecule has 6 heteroatoms. The second kappa shape index (κ2) is 7.22. The summed E-state index contributed by atoms with van der Waals surface area (Å²) in [4.78, 5) is 31.1. The Morgan fingerprint density at radius 2 is 1.67 bits per heavy atom. The molecule has 4 atom stereocenters. The van der Waals surface area contributed by atoms with E-state index in [0.717, 1.165) is 11.1 Å². The lowest BCUT2D eigenvalue weighted by atomic mass is 9.76. The molecule has 0 spiro atoms. The van der Waals surface area contributed by atoms with Crippen LogP contribution in [0, 0.1) is 0 Å². The molecule has 2 aromatic carbocycles. The maximum atomic E-state index is 14.1. The predicted molar refractivity (Wildman–Crippen MR) is 111 cm³/mol. The van der Waals surface area contributed by atoms with Crippen LogP contribution in [0.15, 0.2) is 54.6 Å². The molecule has 2 unspecified atom stereocenters. The Labute approximate surface area is 176 Å². The molecule has 2 amide bonds. The van der Waals surface area contributed by atoms with Crippen LogP contribution in [0.5, 0.6) is 0 Å². The van der Waals surface area contributed by atoms with Crippen LogP contribution in [0.4, 0.5) is 0 Å². The molecule has 6 nitrogen and oxygen atoms in total. The summed E-state index contributed by atoms with van der Waals surface area (Å²) in [5, 5.41) is 0. The van der Waals surface area contributed by atoms with Crippen LogP contribution in [0.3, 0.4) is 0 Å². The molecule has 2 saturated heterocycles. The number of morpholine rings is 1. The molecular weight excluding hydrogens is 380 g/mol. The third kappa shape index (κ3) is 2.78. The minimum Gasteiger partial charge on any atom is -0.372 e. The van der Waals surface area contributed by atoms with E-state index in [0.29, 0.717) is 31.8 Å². The Hall–Kier alpha value is -2.70. The van der Waals surface area contributed by atoms with Crippen molar-refractivity contribution >= 4 is 11.8 Å². The van der Waals surface area contributed by atoms with Crippen molar-refractivity contribution < 1.29 is 19.1 Å². The summed E-state index contributed by atoms with van der Waals surface area (Å²) in [5.41, 5.74) is 1.02. The van der Waals surface area contributed by atoms with E-state index < -0.39 is 11.6 Å². The number of carbonyl (C=O) groups excluding carboxylic acids is 2. The lowest BCUT2D eigenvalue weighted by molar-refractivity contribution is -0.161. The number of hydrogen-bond acceptors (Lipinski definition) is 4. The third-order valence-corrected chi connectivity index (χ3v) is 6.34. The molecule has 0 radical (unpaired) electrons. The van der Waals surface area contributed by atoms with E-state index in [4.69, 9.17) is 9.47 Å². The minimum absolute atomic E-state index is 0.0206. The number of rotatable bonds is 2. The van der Waals surface area contributed by atoms with Gasteiger partial charge in [-0.1, -0.05) is 48.5 Å². The second-order valence-corrected chi connectivity index (χ2v) is 8.39. The molecule has 3 aliphatic rings. The quantitative estimate of drug-likeness (QED) is 0.770. The summed E-state index contributed by atoms with van der Waals surface area (Å²) in [5.74, 6) is -0.735. The lowest BCUT2D eigenvalue weighted by Gasteiger charge is -2.48. The summed E-state index contributed by atoms with van der Waals surface area (Å²) in [7, 11) is 0. The standard InChI is InChI=1S/C24H26N2O4/c1-16-14-25(15-17(2)30-16)23(28)21-19-10-6-7-11-20(19)22(27)26-12-13-29-24(21,26)18-8-4-3-5-9-18/h3-11,16-17,21H,12-15H2,1-2H3/t16?,17?,21-,24+/m1/s1. The summed E-state index contributed by atoms with van der Waals surface area (Å²) in [6, 6.07) is 17.1. The van der Waals surface area contributed by atoms with E-state index in [1.54, 1.807) is 4.90 Å². The van der Waals surface area contributed by atoms with Gasteiger partial charge in [-0.05, 0) is 25.5 Å². The van der Waals surface area contributed by atoms with Crippen LogP contribution < -0.4 is 0 Å². The van der Waals surface area contributed by atoms with Crippen molar-refractivity contribution in [1.29, 1.82) is 0 Å². The van der Waals surface area contributed by atoms with Gasteiger partial charge in [0.1, 0.15) is 5.92 Å². The number of hydrogen-bond donors (Lipinski definition) is 0. The van der Waals surface area contributed by atoms with Gasteiger partial charge in [0.2, 0.25) is 5.91 Å². The van der Waals surface area contributed by atoms with Gasteiger partial charge in [-0.3, -0.25) is 9.59 Å². The average molecular weight is 406 g/mol. The predicted octanol–water partition coefficient (Wildman–Crippen LogP) is 2.75. The van der Waals surface area contributed by atoms with Crippen LogP contribution >= 0.6 is 0 Å². The molecular formula is C24H26N2O4. The van der Waals surface area contributed by atoms with E-state index in [1.165, 1.54) is 0 Å². The van der Waals surface area contributed by atoms with Crippen molar-refractivity contribution in [2.24, 2.45) is 0 Å². The fourth-order valence-corrected chi connectivity index (χ4v) is 5.25. The molecule has 0 N–H and O–H groups in total. The fraction of sp³-hybridized carbons (Fsp3) is 0.417. The van der Waals surface area contributed by atoms with Crippen LogP contribution in [-0.4, -0.2) is 60.1 Å². The van der Waals surface area contributed by atoms with Gasteiger partial charge in [0, 0.05) is 30.8 Å². The van der Waals surface area contributed by atoms with Gasteiger partial charge >= 0.3 is 0 Å². The van der Waals surface area contributed by atoms with Crippen LogP contribution in [-0.2, 0) is 20.0 Å². The highest BCUT2D eigenvalue weighted by Crippen LogP contribution is 2.51. The molecule has 3 aliphatic heterocycles. The van der Waals surface area contributed by atoms with E-state index in [9.17, 15) is 9.59 Å². The number of benzene rings is 2. The van der Waals surface area contributed by atoms with Crippen molar-refractivity contribution in [3.63, 3.8) is 0 Å². The Morgan fingerprint density at radius 1 is 1.00 bits per heavy atom. The fourth-order valence-electron chi connectivity index (χ4n) is 5.25. The van der Waals surface area contributed by atoms with Gasteiger partial charge in [0.15, 0.2) is 5.72 Å². The zero-order valence-corrected chi connectivity index (χ0v) is 17.3. The summed E-state index contributed by atoms with van der Waals surface area (Å²) in [6.07, 6.45) is -0.0714. The highest BCUT2D eigenvalue weighted by Gasteiger charge is 2.60. The van der Waals surface area contributed by atoms with Crippen LogP contribution in [0.2, 0.25) is 0 Å². The number of nitrogens with zero attached hydrogens (tertiary/aromatic N) is 2. The third-order valence-electron chi connectivity index (χ3n) is 6.34. The van der Waals surface area contributed by atoms with Gasteiger partial charge in [-0.2, -0.15) is 0 Å². The average Bonchev–Trinajstić information content (AvgIpc) is 3.20. The SMILES string of the molecule is CC1CN(C(=O)[C@H]2c3ccccc3C(=O)N3CCO[C@@]23c2ccccc2)CC(C)O1. The number of ether oxygens (including phenoxy) is 2. The van der Waals surface area contributed by atoms with E-state index in [1.807, 2.05) is 73.3 Å². The smallest absolute Gasteiger partial charge is 0.256 e. The van der Waals surface area contributed by atoms with E-state index in [-0.39, 0.29) is 24.0 Å². The van der Waals surface area contributed by atoms with Crippen LogP contribution in [0.25, 0.3) is 0 Å². The van der Waals surface area contributed by atoms with Crippen molar-refractivity contribution in [3.8, 4) is 0 Å². The zero-order valence-electron chi connectivity index (χ0n) is 17.3. The Kier molecular flexibility index (Phi) is 4.64. The monoisotopic (exact) mass is 406 g/mol. The molecule has 0 aliphatic carbocycles. The molecule has 0 bridgehead atoms. The maximum Gasteiger partial charge on any atom is 0.256 e. The van der Waals surface area contributed by atoms with Gasteiger partial charge in [-0.15, -0.1) is 0 Å². The number of carbonyl (C=O) groups is 2. The largest absolute Gasteiger partial charge is 0.372 e. The highest BCUT2D eigenvalue weighted by molar-refractivity contribution is 6.02. The summed E-state index contributed by atoms with van der Waals surface area (Å²) in [6.45, 7) is 5.89. The molecule has 0 saturated carbocycles. The van der Waals surface area contributed by atoms with E-state index >= 15 is 0 Å². The molecule has 2 fully saturated rings. The first-order valence-electron chi connectivity index (χ1n) is 10.6. The minimum atomic E-state index is -1.13. The van der Waals surface area contributed by atoms with Crippen molar-refractivity contribution in [3.05, 3.63) is 71.3 Å². The first-order valence-corrected chi connectivity index (χ1v) is 10.6. The topological polar surface area (TPSA) is 59.1 Å². The first kappa shape index (κ1) is 19.3. The van der Waals surface area contributed by atoms with Crippen molar-refractivity contribution in [2.45, 2.75) is 37.7 Å². The normalized spacial score (nSPS) is 30.7. The number of amides is 2. The molecule has 3 heterocycles. The Balaban J connectivity index is 1.69. The van der Waals surface area contributed by atoms with Gasteiger partial charge in [-0.25, -0.2) is 0 Å². The Bertz CT molecular complexity index is 968. The molecule has 30 heavy (non-hydrogen) atoms. The summed E-state index contributed by atoms with van der Waals surface area (Å²) >= 11 is 0. The molecule has 2 aromatic rings. The van der Waals surface area contributed by atoms with E-state index in [2.05, 4.69) is 0 Å². The van der Waals surface area contributed by atoms with Crippen molar-refractivity contribution in [2.75, 3.05) is 26.2 Å². The first-order chi connectivity index (χ1) is 14.5. The Morgan fingerprint density at radius 3 is 2.40 bits per heavy atom. The summed E-state index contributed by atoms with van der Waals surface area (Å²) < 4.78 is 12.2. The molecule has 156 valence electrons. The van der Waals surface area contributed by atoms with Crippen molar-refractivity contribution in [1.82, 2.24) is 9.80 Å². The number of fused-ring (bicyclic) bond motifs is 2. The van der Waals surface area contributed by atoms with Crippen LogP contribution in [0.1, 0.15) is 41.3 Å². The molecule has 5 rings (SSSR count). The van der Waals surface area contributed by atoms with Gasteiger partial charge < -0.3 is 19.3 Å².